The number of aromatic nitrogens is 3. The Bertz CT molecular complexity index is 1530. The van der Waals surface area contributed by atoms with Crippen molar-refractivity contribution >= 4 is 20.7 Å². The molecule has 1 aliphatic carbocycles. The van der Waals surface area contributed by atoms with Crippen molar-refractivity contribution in [3.8, 4) is 17.5 Å². The lowest BCUT2D eigenvalue weighted by molar-refractivity contribution is -0.191. The maximum Gasteiger partial charge on any atom is 0.356 e. The van der Waals surface area contributed by atoms with Gasteiger partial charge in [0.2, 0.25) is 6.30 Å². The van der Waals surface area contributed by atoms with Gasteiger partial charge in [-0.3, -0.25) is 19.3 Å². The summed E-state index contributed by atoms with van der Waals surface area (Å²) in [5.41, 5.74) is -2.31. The minimum Gasteiger partial charge on any atom is -0.270 e. The topological polar surface area (TPSA) is 106 Å². The molecule has 1 unspecified atom stereocenters. The first-order chi connectivity index (χ1) is 16.4. The average Bonchev–Trinajstić information content (AvgIpc) is 3.64. The fourth-order valence-electron chi connectivity index (χ4n) is 3.68. The van der Waals surface area contributed by atoms with Gasteiger partial charge in [0, 0.05) is 17.6 Å². The SMILES string of the molecule is CCS(=O)(=O)c1cc(C2(C#N)CC2)cnc1-c1cc2ccc(=O)n(C(F)C(F)(F)C(F)F)c2cn1. The number of halogens is 5. The molecule has 35 heavy (non-hydrogen) atoms. The molecule has 7 nitrogen and oxygen atoms in total. The van der Waals surface area contributed by atoms with Gasteiger partial charge in [-0.05, 0) is 36.6 Å². The van der Waals surface area contributed by atoms with Crippen molar-refractivity contribution in [2.45, 2.75) is 48.7 Å². The number of rotatable bonds is 7. The Kier molecular flexibility index (Phi) is 5.91. The molecular weight excluding hydrogens is 495 g/mol. The predicted octanol–water partition coefficient (Wildman–Crippen LogP) is 4.18. The normalized spacial score (nSPS) is 16.3. The molecule has 3 heterocycles. The van der Waals surface area contributed by atoms with Gasteiger partial charge >= 0.3 is 12.3 Å². The van der Waals surface area contributed by atoms with Crippen molar-refractivity contribution in [3.05, 3.63) is 52.6 Å². The fraction of sp³-hybridized carbons (Fsp3) is 0.364. The maximum absolute atomic E-state index is 14.4. The molecule has 0 spiro atoms. The average molecular weight is 512 g/mol. The Morgan fingerprint density at radius 2 is 1.86 bits per heavy atom. The standard InChI is InChI=1S/C22H17F5N4O3S/c1-2-35(33,34)16-8-13(21(11-28)5-6-21)9-30-18(16)14-7-12-3-4-17(32)31(15(12)10-29-14)20(25)22(26,27)19(23)24/h3-4,7-10,19-20H,2,5-6H2,1H3. The van der Waals surface area contributed by atoms with Crippen LogP contribution in [0.5, 0.6) is 0 Å². The Morgan fingerprint density at radius 1 is 1.17 bits per heavy atom. The summed E-state index contributed by atoms with van der Waals surface area (Å²) in [7, 11) is -3.86. The molecule has 3 aromatic heterocycles. The lowest BCUT2D eigenvalue weighted by Crippen LogP contribution is -2.39. The third-order valence-corrected chi connectivity index (χ3v) is 7.72. The van der Waals surface area contributed by atoms with Gasteiger partial charge in [-0.15, -0.1) is 0 Å². The predicted molar refractivity (Wildman–Crippen MR) is 115 cm³/mol. The lowest BCUT2D eigenvalue weighted by Gasteiger charge is -2.22. The molecule has 13 heteroatoms. The lowest BCUT2D eigenvalue weighted by atomic mass is 9.99. The minimum atomic E-state index is -5.14. The highest BCUT2D eigenvalue weighted by molar-refractivity contribution is 7.91. The number of nitrogens with zero attached hydrogens (tertiary/aromatic N) is 4. The monoisotopic (exact) mass is 512 g/mol. The van der Waals surface area contributed by atoms with Gasteiger partial charge in [-0.25, -0.2) is 21.6 Å². The zero-order chi connectivity index (χ0) is 25.8. The first kappa shape index (κ1) is 24.7. The first-order valence-electron chi connectivity index (χ1n) is 10.3. The van der Waals surface area contributed by atoms with Crippen LogP contribution in [0.2, 0.25) is 0 Å². The second kappa shape index (κ2) is 8.37. The molecule has 0 amide bonds. The van der Waals surface area contributed by atoms with Gasteiger partial charge in [0.15, 0.2) is 9.84 Å². The van der Waals surface area contributed by atoms with Gasteiger partial charge in [-0.2, -0.15) is 14.0 Å². The zero-order valence-electron chi connectivity index (χ0n) is 18.1. The maximum atomic E-state index is 14.4. The molecule has 1 saturated carbocycles. The highest BCUT2D eigenvalue weighted by Gasteiger charge is 2.51. The Balaban J connectivity index is 1.90. The molecule has 0 radical (unpaired) electrons. The number of alkyl halides is 5. The van der Waals surface area contributed by atoms with E-state index in [4.69, 9.17) is 0 Å². The molecule has 0 aliphatic heterocycles. The van der Waals surface area contributed by atoms with Crippen molar-refractivity contribution in [1.82, 2.24) is 14.5 Å². The van der Waals surface area contributed by atoms with Crippen molar-refractivity contribution in [3.63, 3.8) is 0 Å². The quantitative estimate of drug-likeness (QED) is 0.440. The summed E-state index contributed by atoms with van der Waals surface area (Å²) in [5.74, 6) is -5.43. The fourth-order valence-corrected chi connectivity index (χ4v) is 4.75. The largest absolute Gasteiger partial charge is 0.356 e. The van der Waals surface area contributed by atoms with Crippen LogP contribution in [-0.4, -0.2) is 41.1 Å². The number of pyridine rings is 3. The van der Waals surface area contributed by atoms with Crippen LogP contribution in [-0.2, 0) is 15.3 Å². The van der Waals surface area contributed by atoms with E-state index in [2.05, 4.69) is 16.0 Å². The molecule has 184 valence electrons. The van der Waals surface area contributed by atoms with Crippen molar-refractivity contribution in [2.24, 2.45) is 0 Å². The van der Waals surface area contributed by atoms with E-state index in [0.717, 1.165) is 18.3 Å². The van der Waals surface area contributed by atoms with Gasteiger partial charge < -0.3 is 0 Å². The number of fused-ring (bicyclic) bond motifs is 1. The van der Waals surface area contributed by atoms with Crippen LogP contribution < -0.4 is 5.56 Å². The first-order valence-corrected chi connectivity index (χ1v) is 12.0. The van der Waals surface area contributed by atoms with Crippen LogP contribution >= 0.6 is 0 Å². The van der Waals surface area contributed by atoms with Crippen LogP contribution in [0.15, 0.2) is 46.3 Å². The third kappa shape index (κ3) is 4.05. The van der Waals surface area contributed by atoms with Gasteiger partial charge in [0.1, 0.15) is 5.69 Å². The molecule has 1 fully saturated rings. The Hall–Kier alpha value is -3.40. The summed E-state index contributed by atoms with van der Waals surface area (Å²) >= 11 is 0. The third-order valence-electron chi connectivity index (χ3n) is 5.98. The Labute approximate surface area is 195 Å². The van der Waals surface area contributed by atoms with E-state index in [1.807, 2.05) is 0 Å². The van der Waals surface area contributed by atoms with E-state index in [1.54, 1.807) is 0 Å². The number of sulfone groups is 1. The molecule has 0 aromatic carbocycles. The van der Waals surface area contributed by atoms with E-state index in [0.29, 0.717) is 18.4 Å². The van der Waals surface area contributed by atoms with Crippen LogP contribution in [0.4, 0.5) is 22.0 Å². The van der Waals surface area contributed by atoms with Gasteiger partial charge in [0.25, 0.3) is 5.56 Å². The molecule has 0 saturated heterocycles. The molecule has 1 aliphatic rings. The second-order valence-corrected chi connectivity index (χ2v) is 10.4. The molecule has 0 bridgehead atoms. The summed E-state index contributed by atoms with van der Waals surface area (Å²) in [6, 6.07) is 6.57. The number of hydrogen-bond acceptors (Lipinski definition) is 6. The van der Waals surface area contributed by atoms with E-state index >= 15 is 0 Å². The van der Waals surface area contributed by atoms with Crippen LogP contribution in [0.25, 0.3) is 22.3 Å². The Morgan fingerprint density at radius 3 is 2.43 bits per heavy atom. The molecule has 4 rings (SSSR count). The molecule has 1 atom stereocenters. The number of hydrogen-bond donors (Lipinski definition) is 0. The number of nitriles is 1. The van der Waals surface area contributed by atoms with Gasteiger partial charge in [-0.1, -0.05) is 6.92 Å². The van der Waals surface area contributed by atoms with Crippen molar-refractivity contribution < 1.29 is 30.4 Å². The van der Waals surface area contributed by atoms with E-state index in [-0.39, 0.29) is 32.0 Å². The van der Waals surface area contributed by atoms with Gasteiger partial charge in [0.05, 0.1) is 39.5 Å². The van der Waals surface area contributed by atoms with Crippen molar-refractivity contribution in [2.75, 3.05) is 5.75 Å². The minimum absolute atomic E-state index is 0.0382. The van der Waals surface area contributed by atoms with E-state index in [9.17, 15) is 40.4 Å². The van der Waals surface area contributed by atoms with Crippen LogP contribution in [0.1, 0.15) is 31.6 Å². The highest BCUT2D eigenvalue weighted by Crippen LogP contribution is 2.48. The molecule has 3 aromatic rings. The van der Waals surface area contributed by atoms with Crippen LogP contribution in [0.3, 0.4) is 0 Å². The summed E-state index contributed by atoms with van der Waals surface area (Å²) in [5, 5.41) is 9.41. The second-order valence-electron chi connectivity index (χ2n) is 8.15. The molecule has 0 N–H and O–H groups in total. The smallest absolute Gasteiger partial charge is 0.270 e. The summed E-state index contributed by atoms with van der Waals surface area (Å²) in [6.07, 6.45) is -4.76. The molecular formula is C22H17F5N4O3S. The van der Waals surface area contributed by atoms with E-state index in [1.165, 1.54) is 25.3 Å². The summed E-state index contributed by atoms with van der Waals surface area (Å²) in [6.45, 7) is 1.42. The highest BCUT2D eigenvalue weighted by atomic mass is 32.2. The van der Waals surface area contributed by atoms with Crippen molar-refractivity contribution in [1.29, 1.82) is 5.26 Å². The summed E-state index contributed by atoms with van der Waals surface area (Å²) < 4.78 is 92.6. The van der Waals surface area contributed by atoms with Crippen LogP contribution in [0, 0.1) is 11.3 Å². The van der Waals surface area contributed by atoms with E-state index < -0.39 is 45.0 Å². The summed E-state index contributed by atoms with van der Waals surface area (Å²) in [4.78, 5) is 20.1. The zero-order valence-corrected chi connectivity index (χ0v) is 18.9.